The van der Waals surface area contributed by atoms with Crippen LogP contribution >= 0.6 is 15.9 Å². The van der Waals surface area contributed by atoms with Crippen LogP contribution in [-0.4, -0.2) is 12.1 Å². The van der Waals surface area contributed by atoms with Gasteiger partial charge in [-0.25, -0.2) is 0 Å². The molecule has 3 heteroatoms. The van der Waals surface area contributed by atoms with Gasteiger partial charge in [-0.3, -0.25) is 4.79 Å². The van der Waals surface area contributed by atoms with E-state index in [-0.39, 0.29) is 5.78 Å². The first kappa shape index (κ1) is 13.1. The zero-order valence-electron chi connectivity index (χ0n) is 9.12. The Kier molecular flexibility index (Phi) is 6.01. The molecule has 0 N–H and O–H groups in total. The quantitative estimate of drug-likeness (QED) is 0.433. The van der Waals surface area contributed by atoms with Crippen LogP contribution in [0, 0.1) is 0 Å². The number of Topliss-reactive ketones (excluding diaryl/α,β-unsaturated/α-hetero) is 1. The van der Waals surface area contributed by atoms with Crippen LogP contribution in [0.25, 0.3) is 0 Å². The van der Waals surface area contributed by atoms with Crippen LogP contribution < -0.4 is 0 Å². The SMILES string of the molecule is O=CCCCCCC(=O)c1ccc(Br)cc1. The number of rotatable bonds is 7. The number of ketones is 1. The van der Waals surface area contributed by atoms with Gasteiger partial charge in [0.2, 0.25) is 0 Å². The van der Waals surface area contributed by atoms with Crippen molar-refractivity contribution in [1.82, 2.24) is 0 Å². The Bertz CT molecular complexity index is 343. The van der Waals surface area contributed by atoms with Gasteiger partial charge in [0.25, 0.3) is 0 Å². The predicted molar refractivity (Wildman–Crippen MR) is 67.6 cm³/mol. The second-order valence-corrected chi connectivity index (χ2v) is 4.61. The molecule has 1 rings (SSSR count). The Morgan fingerprint density at radius 2 is 1.81 bits per heavy atom. The topological polar surface area (TPSA) is 34.1 Å². The van der Waals surface area contributed by atoms with E-state index in [9.17, 15) is 9.59 Å². The summed E-state index contributed by atoms with van der Waals surface area (Å²) in [5.41, 5.74) is 0.763. The van der Waals surface area contributed by atoms with E-state index in [1.165, 1.54) is 0 Å². The molecule has 0 amide bonds. The van der Waals surface area contributed by atoms with Crippen molar-refractivity contribution in [1.29, 1.82) is 0 Å². The molecule has 0 aliphatic rings. The summed E-state index contributed by atoms with van der Waals surface area (Å²) in [4.78, 5) is 21.8. The van der Waals surface area contributed by atoms with Gasteiger partial charge in [0.15, 0.2) is 5.78 Å². The average Bonchev–Trinajstić information content (AvgIpc) is 2.29. The molecule has 0 aliphatic carbocycles. The Balaban J connectivity index is 2.29. The minimum Gasteiger partial charge on any atom is -0.303 e. The van der Waals surface area contributed by atoms with Crippen molar-refractivity contribution < 1.29 is 9.59 Å². The average molecular weight is 283 g/mol. The molecule has 0 saturated heterocycles. The lowest BCUT2D eigenvalue weighted by Crippen LogP contribution is -1.98. The van der Waals surface area contributed by atoms with E-state index in [2.05, 4.69) is 15.9 Å². The Morgan fingerprint density at radius 1 is 1.12 bits per heavy atom. The number of unbranched alkanes of at least 4 members (excludes halogenated alkanes) is 3. The fourth-order valence-electron chi connectivity index (χ4n) is 1.47. The highest BCUT2D eigenvalue weighted by atomic mass is 79.9. The molecule has 0 bridgehead atoms. The molecule has 0 heterocycles. The summed E-state index contributed by atoms with van der Waals surface area (Å²) in [6.07, 6.45) is 4.80. The van der Waals surface area contributed by atoms with Crippen molar-refractivity contribution in [3.8, 4) is 0 Å². The molecule has 2 nitrogen and oxygen atoms in total. The molecular weight excluding hydrogens is 268 g/mol. The number of carbonyl (C=O) groups is 2. The zero-order chi connectivity index (χ0) is 11.8. The van der Waals surface area contributed by atoms with Gasteiger partial charge in [-0.05, 0) is 25.0 Å². The minimum atomic E-state index is 0.179. The maximum Gasteiger partial charge on any atom is 0.162 e. The van der Waals surface area contributed by atoms with Crippen LogP contribution in [0.5, 0.6) is 0 Å². The molecule has 0 spiro atoms. The number of hydrogen-bond acceptors (Lipinski definition) is 2. The lowest BCUT2D eigenvalue weighted by atomic mass is 10.0. The first-order chi connectivity index (χ1) is 7.74. The molecule has 86 valence electrons. The Morgan fingerprint density at radius 3 is 2.44 bits per heavy atom. The van der Waals surface area contributed by atoms with Gasteiger partial charge in [0.1, 0.15) is 6.29 Å². The van der Waals surface area contributed by atoms with Crippen molar-refractivity contribution in [3.63, 3.8) is 0 Å². The van der Waals surface area contributed by atoms with Crippen LogP contribution in [-0.2, 0) is 4.79 Å². The van der Waals surface area contributed by atoms with Gasteiger partial charge in [0, 0.05) is 22.9 Å². The van der Waals surface area contributed by atoms with Crippen molar-refractivity contribution in [3.05, 3.63) is 34.3 Å². The maximum atomic E-state index is 11.7. The monoisotopic (exact) mass is 282 g/mol. The number of hydrogen-bond donors (Lipinski definition) is 0. The summed E-state index contributed by atoms with van der Waals surface area (Å²) < 4.78 is 0.982. The van der Waals surface area contributed by atoms with Crippen molar-refractivity contribution >= 4 is 28.0 Å². The van der Waals surface area contributed by atoms with E-state index in [1.54, 1.807) is 0 Å². The fourth-order valence-corrected chi connectivity index (χ4v) is 1.73. The molecule has 16 heavy (non-hydrogen) atoms. The zero-order valence-corrected chi connectivity index (χ0v) is 10.7. The first-order valence-corrected chi connectivity index (χ1v) is 6.25. The third kappa shape index (κ3) is 4.71. The number of carbonyl (C=O) groups excluding carboxylic acids is 2. The van der Waals surface area contributed by atoms with E-state index in [1.807, 2.05) is 24.3 Å². The molecule has 0 fully saturated rings. The van der Waals surface area contributed by atoms with Gasteiger partial charge in [-0.1, -0.05) is 34.5 Å². The van der Waals surface area contributed by atoms with Crippen LogP contribution in [0.15, 0.2) is 28.7 Å². The standard InChI is InChI=1S/C13H15BrO2/c14-12-8-6-11(7-9-12)13(16)5-3-1-2-4-10-15/h6-10H,1-5H2. The molecule has 0 radical (unpaired) electrons. The summed E-state index contributed by atoms with van der Waals surface area (Å²) in [6, 6.07) is 7.41. The summed E-state index contributed by atoms with van der Waals surface area (Å²) >= 11 is 3.33. The molecule has 0 aromatic heterocycles. The molecular formula is C13H15BrO2. The summed E-state index contributed by atoms with van der Waals surface area (Å²) in [5, 5.41) is 0. The van der Waals surface area contributed by atoms with Crippen LogP contribution in [0.4, 0.5) is 0 Å². The summed E-state index contributed by atoms with van der Waals surface area (Å²) in [6.45, 7) is 0. The molecule has 0 unspecified atom stereocenters. The largest absolute Gasteiger partial charge is 0.303 e. The lowest BCUT2D eigenvalue weighted by Gasteiger charge is -2.00. The van der Waals surface area contributed by atoms with Gasteiger partial charge >= 0.3 is 0 Å². The van der Waals surface area contributed by atoms with Crippen molar-refractivity contribution in [2.75, 3.05) is 0 Å². The van der Waals surface area contributed by atoms with Gasteiger partial charge in [0.05, 0.1) is 0 Å². The summed E-state index contributed by atoms with van der Waals surface area (Å²) in [5.74, 6) is 0.179. The predicted octanol–water partition coefficient (Wildman–Crippen LogP) is 3.78. The molecule has 0 atom stereocenters. The van der Waals surface area contributed by atoms with E-state index < -0.39 is 0 Å². The highest BCUT2D eigenvalue weighted by Gasteiger charge is 2.04. The first-order valence-electron chi connectivity index (χ1n) is 5.46. The molecule has 0 saturated carbocycles. The van der Waals surface area contributed by atoms with Crippen molar-refractivity contribution in [2.45, 2.75) is 32.1 Å². The number of halogens is 1. The number of aldehydes is 1. The van der Waals surface area contributed by atoms with Crippen LogP contribution in [0.2, 0.25) is 0 Å². The van der Waals surface area contributed by atoms with E-state index in [4.69, 9.17) is 0 Å². The highest BCUT2D eigenvalue weighted by Crippen LogP contribution is 2.13. The van der Waals surface area contributed by atoms with Gasteiger partial charge < -0.3 is 4.79 Å². The van der Waals surface area contributed by atoms with Gasteiger partial charge in [-0.2, -0.15) is 0 Å². The third-order valence-corrected chi connectivity index (χ3v) is 2.92. The van der Waals surface area contributed by atoms with Gasteiger partial charge in [-0.15, -0.1) is 0 Å². The molecule has 1 aromatic carbocycles. The Labute approximate surface area is 104 Å². The second-order valence-electron chi connectivity index (χ2n) is 3.70. The van der Waals surface area contributed by atoms with E-state index in [0.29, 0.717) is 12.8 Å². The lowest BCUT2D eigenvalue weighted by molar-refractivity contribution is -0.107. The molecule has 0 aliphatic heterocycles. The maximum absolute atomic E-state index is 11.7. The Hall–Kier alpha value is -0.960. The fraction of sp³-hybridized carbons (Fsp3) is 0.385. The third-order valence-electron chi connectivity index (χ3n) is 2.39. The second kappa shape index (κ2) is 7.34. The number of benzene rings is 1. The minimum absolute atomic E-state index is 0.179. The molecule has 1 aromatic rings. The summed E-state index contributed by atoms with van der Waals surface area (Å²) in [7, 11) is 0. The van der Waals surface area contributed by atoms with Crippen LogP contribution in [0.1, 0.15) is 42.5 Å². The van der Waals surface area contributed by atoms with Crippen molar-refractivity contribution in [2.24, 2.45) is 0 Å². The normalized spacial score (nSPS) is 10.1. The van der Waals surface area contributed by atoms with E-state index >= 15 is 0 Å². The van der Waals surface area contributed by atoms with Crippen LogP contribution in [0.3, 0.4) is 0 Å². The smallest absolute Gasteiger partial charge is 0.162 e. The van der Waals surface area contributed by atoms with E-state index in [0.717, 1.165) is 35.6 Å². The highest BCUT2D eigenvalue weighted by molar-refractivity contribution is 9.10.